The lowest BCUT2D eigenvalue weighted by Crippen LogP contribution is -2.37. The maximum atomic E-state index is 12.7. The molecule has 1 amide bonds. The molecule has 1 atom stereocenters. The summed E-state index contributed by atoms with van der Waals surface area (Å²) in [6.45, 7) is 0.282. The van der Waals surface area contributed by atoms with E-state index in [9.17, 15) is 9.59 Å². The van der Waals surface area contributed by atoms with E-state index in [0.717, 1.165) is 12.8 Å². The Kier molecular flexibility index (Phi) is 4.71. The molecule has 0 saturated heterocycles. The fraction of sp³-hybridized carbons (Fsp3) is 0.412. The molecule has 1 saturated carbocycles. The van der Waals surface area contributed by atoms with Gasteiger partial charge in [0.2, 0.25) is 0 Å². The van der Waals surface area contributed by atoms with Gasteiger partial charge in [-0.05, 0) is 25.0 Å². The third-order valence-electron chi connectivity index (χ3n) is 4.15. The highest BCUT2D eigenvalue weighted by molar-refractivity contribution is 5.93. The van der Waals surface area contributed by atoms with Gasteiger partial charge in [-0.1, -0.05) is 6.07 Å². The minimum absolute atomic E-state index is 0.0268. The van der Waals surface area contributed by atoms with Crippen LogP contribution in [0.3, 0.4) is 0 Å². The molecule has 3 rings (SSSR count). The number of rotatable bonds is 6. The van der Waals surface area contributed by atoms with Gasteiger partial charge in [0, 0.05) is 32.5 Å². The number of amides is 1. The largest absolute Gasteiger partial charge is 0.382 e. The van der Waals surface area contributed by atoms with Gasteiger partial charge < -0.3 is 14.6 Å². The summed E-state index contributed by atoms with van der Waals surface area (Å²) in [5.74, 6) is 0.588. The summed E-state index contributed by atoms with van der Waals surface area (Å²) in [6, 6.07) is 5.10. The second kappa shape index (κ2) is 6.92. The minimum atomic E-state index is -0.404. The number of nitrogens with zero attached hydrogens (tertiary/aromatic N) is 3. The van der Waals surface area contributed by atoms with Crippen LogP contribution in [0.1, 0.15) is 46.7 Å². The number of methoxy groups -OCH3 is 1. The summed E-state index contributed by atoms with van der Waals surface area (Å²) < 4.78 is 5.22. The lowest BCUT2D eigenvalue weighted by atomic mass is 10.1. The van der Waals surface area contributed by atoms with Crippen molar-refractivity contribution in [2.75, 3.05) is 20.8 Å². The number of carbonyl (C=O) groups excluding carboxylic acids is 1. The van der Waals surface area contributed by atoms with Crippen molar-refractivity contribution in [1.29, 1.82) is 0 Å². The molecule has 126 valence electrons. The first-order valence-corrected chi connectivity index (χ1v) is 7.88. The maximum absolute atomic E-state index is 12.7. The Labute approximate surface area is 139 Å². The van der Waals surface area contributed by atoms with E-state index in [0.29, 0.717) is 17.4 Å². The van der Waals surface area contributed by atoms with Gasteiger partial charge in [-0.25, -0.2) is 4.98 Å². The van der Waals surface area contributed by atoms with Gasteiger partial charge in [-0.15, -0.1) is 0 Å². The zero-order chi connectivity index (χ0) is 17.1. The van der Waals surface area contributed by atoms with Crippen molar-refractivity contribution in [2.24, 2.45) is 0 Å². The molecule has 0 aliphatic heterocycles. The predicted octanol–water partition coefficient (Wildman–Crippen LogP) is 1.50. The third kappa shape index (κ3) is 3.35. The Morgan fingerprint density at radius 3 is 2.79 bits per heavy atom. The molecule has 2 aromatic heterocycles. The van der Waals surface area contributed by atoms with Crippen LogP contribution < -0.4 is 5.56 Å². The maximum Gasteiger partial charge on any atom is 0.263 e. The normalized spacial score (nSPS) is 15.1. The summed E-state index contributed by atoms with van der Waals surface area (Å²) in [7, 11) is 3.20. The van der Waals surface area contributed by atoms with E-state index in [1.54, 1.807) is 26.4 Å². The van der Waals surface area contributed by atoms with Gasteiger partial charge in [-0.3, -0.25) is 14.6 Å². The third-order valence-corrected chi connectivity index (χ3v) is 4.15. The molecule has 1 fully saturated rings. The molecule has 1 aliphatic rings. The summed E-state index contributed by atoms with van der Waals surface area (Å²) in [5, 5.41) is 0. The van der Waals surface area contributed by atoms with Crippen LogP contribution in [0, 0.1) is 0 Å². The lowest BCUT2D eigenvalue weighted by molar-refractivity contribution is 0.0593. The van der Waals surface area contributed by atoms with Crippen molar-refractivity contribution in [1.82, 2.24) is 19.9 Å². The van der Waals surface area contributed by atoms with Gasteiger partial charge in [0.25, 0.3) is 11.5 Å². The number of hydrogen-bond donors (Lipinski definition) is 1. The van der Waals surface area contributed by atoms with Gasteiger partial charge in [0.15, 0.2) is 0 Å². The zero-order valence-corrected chi connectivity index (χ0v) is 13.7. The average molecular weight is 328 g/mol. The monoisotopic (exact) mass is 328 g/mol. The van der Waals surface area contributed by atoms with E-state index < -0.39 is 11.5 Å². The SMILES string of the molecule is COC[C@H](c1ccccn1)N(C)C(=O)c1cnc(C2CC2)[nH]c1=O. The highest BCUT2D eigenvalue weighted by Gasteiger charge is 2.29. The van der Waals surface area contributed by atoms with E-state index >= 15 is 0 Å². The van der Waals surface area contributed by atoms with Crippen LogP contribution in [0.25, 0.3) is 0 Å². The zero-order valence-electron chi connectivity index (χ0n) is 13.7. The van der Waals surface area contributed by atoms with Gasteiger partial charge in [0.05, 0.1) is 18.3 Å². The summed E-state index contributed by atoms with van der Waals surface area (Å²) >= 11 is 0. The Morgan fingerprint density at radius 1 is 1.42 bits per heavy atom. The molecule has 7 nitrogen and oxygen atoms in total. The molecule has 0 spiro atoms. The Morgan fingerprint density at radius 2 is 2.21 bits per heavy atom. The molecule has 1 aliphatic carbocycles. The second-order valence-electron chi connectivity index (χ2n) is 5.93. The van der Waals surface area contributed by atoms with Crippen LogP contribution in [-0.2, 0) is 4.74 Å². The van der Waals surface area contributed by atoms with E-state index in [1.807, 2.05) is 12.1 Å². The van der Waals surface area contributed by atoms with Gasteiger partial charge in [0.1, 0.15) is 11.4 Å². The lowest BCUT2D eigenvalue weighted by Gasteiger charge is -2.27. The second-order valence-corrected chi connectivity index (χ2v) is 5.93. The highest BCUT2D eigenvalue weighted by Crippen LogP contribution is 2.37. The van der Waals surface area contributed by atoms with Crippen molar-refractivity contribution >= 4 is 5.91 Å². The van der Waals surface area contributed by atoms with Gasteiger partial charge in [-0.2, -0.15) is 0 Å². The smallest absolute Gasteiger partial charge is 0.263 e. The molecule has 2 aromatic rings. The number of carbonyl (C=O) groups is 1. The topological polar surface area (TPSA) is 88.2 Å². The number of nitrogens with one attached hydrogen (secondary N) is 1. The highest BCUT2D eigenvalue weighted by atomic mass is 16.5. The van der Waals surface area contributed by atoms with Crippen molar-refractivity contribution in [3.05, 3.63) is 58.0 Å². The molecule has 0 bridgehead atoms. The molecular formula is C17H20N4O3. The Bertz CT molecular complexity index is 771. The first-order valence-electron chi connectivity index (χ1n) is 7.88. The van der Waals surface area contributed by atoms with Crippen LogP contribution in [0.4, 0.5) is 0 Å². The van der Waals surface area contributed by atoms with E-state index in [2.05, 4.69) is 15.0 Å². The molecule has 0 unspecified atom stereocenters. The van der Waals surface area contributed by atoms with Crippen LogP contribution in [-0.4, -0.2) is 46.5 Å². The van der Waals surface area contributed by atoms with Gasteiger partial charge >= 0.3 is 0 Å². The summed E-state index contributed by atoms with van der Waals surface area (Å²) in [5.41, 5.74) is 0.328. The summed E-state index contributed by atoms with van der Waals surface area (Å²) in [4.78, 5) is 37.7. The predicted molar refractivity (Wildman–Crippen MR) is 87.8 cm³/mol. The molecule has 7 heteroatoms. The number of aromatic nitrogens is 3. The minimum Gasteiger partial charge on any atom is -0.382 e. The van der Waals surface area contributed by atoms with E-state index in [-0.39, 0.29) is 18.2 Å². The van der Waals surface area contributed by atoms with Crippen molar-refractivity contribution in [3.63, 3.8) is 0 Å². The van der Waals surface area contributed by atoms with Crippen molar-refractivity contribution < 1.29 is 9.53 Å². The Hall–Kier alpha value is -2.54. The fourth-order valence-electron chi connectivity index (χ4n) is 2.58. The molecular weight excluding hydrogens is 308 g/mol. The van der Waals surface area contributed by atoms with Crippen molar-refractivity contribution in [3.8, 4) is 0 Å². The van der Waals surface area contributed by atoms with E-state index in [1.165, 1.54) is 11.1 Å². The van der Waals surface area contributed by atoms with E-state index in [4.69, 9.17) is 4.74 Å². The molecule has 0 radical (unpaired) electrons. The number of pyridine rings is 1. The van der Waals surface area contributed by atoms with Crippen LogP contribution >= 0.6 is 0 Å². The van der Waals surface area contributed by atoms with Crippen molar-refractivity contribution in [2.45, 2.75) is 24.8 Å². The molecule has 24 heavy (non-hydrogen) atoms. The number of hydrogen-bond acceptors (Lipinski definition) is 5. The number of aromatic amines is 1. The van der Waals surface area contributed by atoms with Crippen LogP contribution in [0.2, 0.25) is 0 Å². The average Bonchev–Trinajstić information content (AvgIpc) is 3.44. The molecule has 0 aromatic carbocycles. The number of likely N-dealkylation sites (N-methyl/N-ethyl adjacent to an activating group) is 1. The molecule has 2 heterocycles. The quantitative estimate of drug-likeness (QED) is 0.868. The molecule has 1 N–H and O–H groups in total. The summed E-state index contributed by atoms with van der Waals surface area (Å²) in [6.07, 6.45) is 5.10. The number of ether oxygens (including phenoxy) is 1. The first-order chi connectivity index (χ1) is 11.6. The fourth-order valence-corrected chi connectivity index (χ4v) is 2.58. The number of H-pyrrole nitrogens is 1. The Balaban J connectivity index is 1.85. The first kappa shape index (κ1) is 16.3. The van der Waals surface area contributed by atoms with Crippen LogP contribution in [0.5, 0.6) is 0 Å². The standard InChI is InChI=1S/C17H20N4O3/c1-21(14(10-24-2)13-5-3-4-8-18-13)17(23)12-9-19-15(11-6-7-11)20-16(12)22/h3-5,8-9,11,14H,6-7,10H2,1-2H3,(H,19,20,22)/t14-/m1/s1. The van der Waals surface area contributed by atoms with Crippen LogP contribution in [0.15, 0.2) is 35.4 Å².